The smallest absolute Gasteiger partial charge is 0.356 e. The van der Waals surface area contributed by atoms with E-state index in [9.17, 15) is 24.6 Å². The molecule has 0 aliphatic rings. The number of aliphatic hydroxyl groups is 2. The van der Waals surface area contributed by atoms with Crippen molar-refractivity contribution >= 4 is 7.60 Å². The highest BCUT2D eigenvalue weighted by molar-refractivity contribution is 7.52. The number of rotatable bonds is 49. The molecule has 59 heavy (non-hydrogen) atoms. The van der Waals surface area contributed by atoms with Gasteiger partial charge in [-0.2, -0.15) is 0 Å². The van der Waals surface area contributed by atoms with E-state index < -0.39 is 32.3 Å². The maximum atomic E-state index is 11.9. The summed E-state index contributed by atoms with van der Waals surface area (Å²) in [5.74, 6) is -1.79. The van der Waals surface area contributed by atoms with Crippen LogP contribution in [0.15, 0.2) is 24.3 Å². The fraction of sp³-hybridized carbons (Fsp3) is 0.920. The van der Waals surface area contributed by atoms with E-state index >= 15 is 0 Å². The minimum Gasteiger partial charge on any atom is -0.394 e. The van der Waals surface area contributed by atoms with Gasteiger partial charge < -0.3 is 34.2 Å². The zero-order chi connectivity index (χ0) is 43.2. The van der Waals surface area contributed by atoms with Gasteiger partial charge in [-0.05, 0) is 64.2 Å². The van der Waals surface area contributed by atoms with Gasteiger partial charge in [0.15, 0.2) is 5.85 Å². The second-order valence-corrected chi connectivity index (χ2v) is 19.0. The quantitative estimate of drug-likeness (QED) is 0.0271. The van der Waals surface area contributed by atoms with E-state index in [0.29, 0.717) is 13.2 Å². The standard InChI is InChI=1S/C50H99O8P/c1-3-5-7-9-11-13-15-17-19-21-23-25-27-29-31-33-35-37-39-41-43-56-46-48(47-58-50(49(52)45-51)59(53,54)55)57-44-42-40-38-36-34-32-30-28-26-24-22-20-18-16-14-12-10-8-6-4-2/h17-20,48-52H,3-16,21-47H2,1-2H3,(H2,53,54,55)/b19-17-,20-18-/t48-,49?,50?/m1/s1. The second-order valence-electron chi connectivity index (χ2n) is 17.3. The molecule has 9 heteroatoms. The molecular weight excluding hydrogens is 760 g/mol. The molecule has 0 saturated carbocycles. The summed E-state index contributed by atoms with van der Waals surface area (Å²) in [4.78, 5) is 19.3. The molecule has 8 nitrogen and oxygen atoms in total. The van der Waals surface area contributed by atoms with Crippen molar-refractivity contribution in [3.63, 3.8) is 0 Å². The number of allylic oxidation sites excluding steroid dienone is 4. The monoisotopic (exact) mass is 859 g/mol. The number of hydrogen-bond donors (Lipinski definition) is 4. The van der Waals surface area contributed by atoms with Crippen LogP contribution in [0.2, 0.25) is 0 Å². The third kappa shape index (κ3) is 43.9. The van der Waals surface area contributed by atoms with Gasteiger partial charge in [0.25, 0.3) is 0 Å². The minimum atomic E-state index is -4.78. The summed E-state index contributed by atoms with van der Waals surface area (Å²) in [5.41, 5.74) is 0. The number of hydrogen-bond acceptors (Lipinski definition) is 6. The molecule has 0 spiro atoms. The molecule has 0 amide bonds. The van der Waals surface area contributed by atoms with Gasteiger partial charge in [-0.25, -0.2) is 0 Å². The normalized spacial score (nSPS) is 13.9. The van der Waals surface area contributed by atoms with Crippen LogP contribution in [0.4, 0.5) is 0 Å². The van der Waals surface area contributed by atoms with Crippen LogP contribution in [0.25, 0.3) is 0 Å². The topological polar surface area (TPSA) is 126 Å². The van der Waals surface area contributed by atoms with Crippen LogP contribution < -0.4 is 0 Å². The van der Waals surface area contributed by atoms with Crippen LogP contribution in [0.1, 0.15) is 245 Å². The van der Waals surface area contributed by atoms with Gasteiger partial charge in [0.1, 0.15) is 12.2 Å². The van der Waals surface area contributed by atoms with Gasteiger partial charge in [0, 0.05) is 13.2 Å². The molecule has 0 aromatic heterocycles. The Bertz CT molecular complexity index is 925. The van der Waals surface area contributed by atoms with Crippen LogP contribution in [-0.4, -0.2) is 71.1 Å². The summed E-state index contributed by atoms with van der Waals surface area (Å²) >= 11 is 0. The van der Waals surface area contributed by atoms with E-state index in [1.165, 1.54) is 205 Å². The largest absolute Gasteiger partial charge is 0.394 e. The van der Waals surface area contributed by atoms with Gasteiger partial charge in [0.05, 0.1) is 19.8 Å². The van der Waals surface area contributed by atoms with Crippen molar-refractivity contribution in [2.45, 2.75) is 263 Å². The third-order valence-corrected chi connectivity index (χ3v) is 12.6. The summed E-state index contributed by atoms with van der Waals surface area (Å²) in [6, 6.07) is 0. The molecule has 0 rings (SSSR count). The molecule has 0 radical (unpaired) electrons. The molecule has 4 N–H and O–H groups in total. The summed E-state index contributed by atoms with van der Waals surface area (Å²) in [5, 5.41) is 19.2. The first-order valence-corrected chi connectivity index (χ1v) is 27.0. The summed E-state index contributed by atoms with van der Waals surface area (Å²) < 4.78 is 29.3. The molecule has 0 aromatic carbocycles. The average molecular weight is 859 g/mol. The number of aliphatic hydroxyl groups excluding tert-OH is 2. The first kappa shape index (κ1) is 58.4. The lowest BCUT2D eigenvalue weighted by molar-refractivity contribution is -0.0924. The lowest BCUT2D eigenvalue weighted by atomic mass is 10.1. The van der Waals surface area contributed by atoms with Gasteiger partial charge in [-0.15, -0.1) is 0 Å². The first-order chi connectivity index (χ1) is 28.9. The zero-order valence-electron chi connectivity index (χ0n) is 38.9. The van der Waals surface area contributed by atoms with Crippen molar-refractivity contribution in [1.29, 1.82) is 0 Å². The Hall–Kier alpha value is -0.570. The number of unbranched alkanes of at least 4 members (excludes halogenated alkanes) is 32. The van der Waals surface area contributed by atoms with Crippen LogP contribution in [-0.2, 0) is 18.8 Å². The predicted molar refractivity (Wildman–Crippen MR) is 251 cm³/mol. The molecular formula is C50H99O8P. The first-order valence-electron chi connectivity index (χ1n) is 25.3. The fourth-order valence-corrected chi connectivity index (χ4v) is 8.38. The van der Waals surface area contributed by atoms with Gasteiger partial charge >= 0.3 is 7.60 Å². The highest BCUT2D eigenvalue weighted by Gasteiger charge is 2.36. The fourth-order valence-electron chi connectivity index (χ4n) is 7.55. The lowest BCUT2D eigenvalue weighted by Gasteiger charge is -2.25. The van der Waals surface area contributed by atoms with E-state index in [1.54, 1.807) is 0 Å². The number of ether oxygens (including phenoxy) is 3. The molecule has 0 bridgehead atoms. The molecule has 0 saturated heterocycles. The van der Waals surface area contributed by atoms with Crippen LogP contribution in [0.5, 0.6) is 0 Å². The SMILES string of the molecule is CCCCCCCC/C=C\CCCCCCCCCCCCOC[C@H](COC(C(O)CO)P(=O)(O)O)OCCCCCCCCCCCC/C=C\CCCCCCCC. The van der Waals surface area contributed by atoms with E-state index in [-0.39, 0.29) is 13.2 Å². The van der Waals surface area contributed by atoms with Crippen molar-refractivity contribution in [2.75, 3.05) is 33.0 Å². The summed E-state index contributed by atoms with van der Waals surface area (Å²) in [7, 11) is -4.78. The van der Waals surface area contributed by atoms with Crippen LogP contribution in [0, 0.1) is 0 Å². The molecule has 0 aliphatic heterocycles. The Morgan fingerprint density at radius 2 is 0.763 bits per heavy atom. The molecule has 0 aromatic rings. The molecule has 0 aliphatic carbocycles. The van der Waals surface area contributed by atoms with E-state index in [4.69, 9.17) is 14.2 Å². The highest BCUT2D eigenvalue weighted by Crippen LogP contribution is 2.43. The zero-order valence-corrected chi connectivity index (χ0v) is 39.8. The Balaban J connectivity index is 4.00. The van der Waals surface area contributed by atoms with E-state index in [2.05, 4.69) is 38.2 Å². The van der Waals surface area contributed by atoms with Gasteiger partial charge in [-0.1, -0.05) is 205 Å². The van der Waals surface area contributed by atoms with Crippen molar-refractivity contribution in [3.05, 3.63) is 24.3 Å². The summed E-state index contributed by atoms with van der Waals surface area (Å²) in [6.45, 7) is 5.00. The van der Waals surface area contributed by atoms with Gasteiger partial charge in [-0.3, -0.25) is 4.57 Å². The van der Waals surface area contributed by atoms with Crippen molar-refractivity contribution < 1.29 is 38.8 Å². The summed E-state index contributed by atoms with van der Waals surface area (Å²) in [6.07, 6.45) is 53.6. The average Bonchev–Trinajstić information content (AvgIpc) is 3.22. The highest BCUT2D eigenvalue weighted by atomic mass is 31.2. The van der Waals surface area contributed by atoms with Gasteiger partial charge in [0.2, 0.25) is 0 Å². The molecule has 0 fully saturated rings. The van der Waals surface area contributed by atoms with Crippen LogP contribution >= 0.6 is 7.60 Å². The van der Waals surface area contributed by atoms with Crippen molar-refractivity contribution in [1.82, 2.24) is 0 Å². The van der Waals surface area contributed by atoms with Crippen LogP contribution in [0.3, 0.4) is 0 Å². The minimum absolute atomic E-state index is 0.127. The van der Waals surface area contributed by atoms with Crippen molar-refractivity contribution in [3.8, 4) is 0 Å². The predicted octanol–water partition coefficient (Wildman–Crippen LogP) is 14.5. The Morgan fingerprint density at radius 3 is 1.10 bits per heavy atom. The second kappa shape index (κ2) is 46.9. The van der Waals surface area contributed by atoms with Crippen molar-refractivity contribution in [2.24, 2.45) is 0 Å². The molecule has 2 unspecified atom stereocenters. The molecule has 3 atom stereocenters. The third-order valence-electron chi connectivity index (χ3n) is 11.4. The maximum Gasteiger partial charge on any atom is 0.356 e. The van der Waals surface area contributed by atoms with E-state index in [1.807, 2.05) is 0 Å². The lowest BCUT2D eigenvalue weighted by Crippen LogP contribution is -2.36. The Kier molecular flexibility index (Phi) is 46.5. The van der Waals surface area contributed by atoms with E-state index in [0.717, 1.165) is 25.7 Å². The molecule has 352 valence electrons. The Labute approximate surface area is 365 Å². The molecule has 0 heterocycles. The maximum absolute atomic E-state index is 11.9. The Morgan fingerprint density at radius 1 is 0.441 bits per heavy atom.